The Kier molecular flexibility index (Phi) is 5.59. The molecule has 6 nitrogen and oxygen atoms in total. The molecule has 0 aromatic heterocycles. The van der Waals surface area contributed by atoms with E-state index in [0.717, 1.165) is 0 Å². The molecule has 4 N–H and O–H groups in total. The fourth-order valence-corrected chi connectivity index (χ4v) is 1.57. The Morgan fingerprint density at radius 2 is 2.11 bits per heavy atom. The van der Waals surface area contributed by atoms with Crippen LogP contribution < -0.4 is 20.5 Å². The third kappa shape index (κ3) is 4.11. The number of methoxy groups -OCH3 is 2. The normalized spacial score (nSPS) is 13.5. The third-order valence-electron chi connectivity index (χ3n) is 2.68. The lowest BCUT2D eigenvalue weighted by Gasteiger charge is -2.17. The van der Waals surface area contributed by atoms with Crippen molar-refractivity contribution < 1.29 is 19.4 Å². The van der Waals surface area contributed by atoms with Gasteiger partial charge in [0.05, 0.1) is 26.4 Å². The number of hydrogen-bond donors (Lipinski definition) is 3. The molecular formula is C13H20N2O4. The van der Waals surface area contributed by atoms with Crippen molar-refractivity contribution in [2.75, 3.05) is 20.8 Å². The predicted molar refractivity (Wildman–Crippen MR) is 71.2 cm³/mol. The summed E-state index contributed by atoms with van der Waals surface area (Å²) < 4.78 is 10.3. The van der Waals surface area contributed by atoms with E-state index in [4.69, 9.17) is 15.2 Å². The van der Waals surface area contributed by atoms with Crippen LogP contribution in [0.2, 0.25) is 0 Å². The molecule has 1 rings (SSSR count). The maximum absolute atomic E-state index is 11.4. The number of rotatable bonds is 6. The minimum absolute atomic E-state index is 0.0594. The maximum atomic E-state index is 11.4. The Morgan fingerprint density at radius 3 is 2.63 bits per heavy atom. The highest BCUT2D eigenvalue weighted by molar-refractivity contribution is 5.80. The van der Waals surface area contributed by atoms with Crippen LogP contribution in [0.25, 0.3) is 0 Å². The molecule has 0 aliphatic heterocycles. The van der Waals surface area contributed by atoms with Gasteiger partial charge in [-0.3, -0.25) is 4.79 Å². The van der Waals surface area contributed by atoms with E-state index in [1.54, 1.807) is 25.1 Å². The Balaban J connectivity index is 2.79. The Labute approximate surface area is 112 Å². The SMILES string of the molecule is COc1ccc(OC)c(C(O)CNC(=O)C(C)N)c1. The molecule has 1 aromatic rings. The van der Waals surface area contributed by atoms with Gasteiger partial charge in [-0.2, -0.15) is 0 Å². The van der Waals surface area contributed by atoms with Crippen LogP contribution >= 0.6 is 0 Å². The number of carbonyl (C=O) groups excluding carboxylic acids is 1. The highest BCUT2D eigenvalue weighted by atomic mass is 16.5. The summed E-state index contributed by atoms with van der Waals surface area (Å²) in [6.45, 7) is 1.64. The molecule has 2 atom stereocenters. The minimum atomic E-state index is -0.896. The van der Waals surface area contributed by atoms with Crippen LogP contribution in [-0.4, -0.2) is 37.8 Å². The van der Waals surface area contributed by atoms with Crippen molar-refractivity contribution in [2.45, 2.75) is 19.1 Å². The molecule has 0 saturated carbocycles. The van der Waals surface area contributed by atoms with E-state index in [1.165, 1.54) is 14.2 Å². The molecular weight excluding hydrogens is 248 g/mol. The van der Waals surface area contributed by atoms with Gasteiger partial charge in [0.25, 0.3) is 0 Å². The van der Waals surface area contributed by atoms with Crippen molar-refractivity contribution in [1.82, 2.24) is 5.32 Å². The molecule has 1 amide bonds. The summed E-state index contributed by atoms with van der Waals surface area (Å²) in [4.78, 5) is 11.4. The number of nitrogens with one attached hydrogen (secondary N) is 1. The van der Waals surface area contributed by atoms with E-state index in [2.05, 4.69) is 5.32 Å². The van der Waals surface area contributed by atoms with Crippen molar-refractivity contribution >= 4 is 5.91 Å². The second kappa shape index (κ2) is 6.96. The standard InChI is InChI=1S/C13H20N2O4/c1-8(14)13(17)15-7-11(16)10-6-9(18-2)4-5-12(10)19-3/h4-6,8,11,16H,7,14H2,1-3H3,(H,15,17). The average molecular weight is 268 g/mol. The number of aliphatic hydroxyl groups is 1. The summed E-state index contributed by atoms with van der Waals surface area (Å²) in [5.74, 6) is 0.817. The summed E-state index contributed by atoms with van der Waals surface area (Å²) in [6.07, 6.45) is -0.896. The van der Waals surface area contributed by atoms with Crippen molar-refractivity contribution in [3.8, 4) is 11.5 Å². The van der Waals surface area contributed by atoms with Crippen LogP contribution in [0.1, 0.15) is 18.6 Å². The number of benzene rings is 1. The van der Waals surface area contributed by atoms with Gasteiger partial charge >= 0.3 is 0 Å². The first-order chi connectivity index (χ1) is 8.99. The largest absolute Gasteiger partial charge is 0.497 e. The monoisotopic (exact) mass is 268 g/mol. The van der Waals surface area contributed by atoms with Crippen LogP contribution in [0.3, 0.4) is 0 Å². The molecule has 6 heteroatoms. The second-order valence-corrected chi connectivity index (χ2v) is 4.16. The number of nitrogens with two attached hydrogens (primary N) is 1. The molecule has 0 heterocycles. The summed E-state index contributed by atoms with van der Waals surface area (Å²) in [5.41, 5.74) is 5.97. The van der Waals surface area contributed by atoms with Gasteiger partial charge in [-0.25, -0.2) is 0 Å². The zero-order chi connectivity index (χ0) is 14.4. The summed E-state index contributed by atoms with van der Waals surface area (Å²) in [5, 5.41) is 12.7. The maximum Gasteiger partial charge on any atom is 0.236 e. The van der Waals surface area contributed by atoms with E-state index in [9.17, 15) is 9.90 Å². The van der Waals surface area contributed by atoms with Gasteiger partial charge in [-0.1, -0.05) is 0 Å². The van der Waals surface area contributed by atoms with Gasteiger partial charge in [0, 0.05) is 12.1 Å². The van der Waals surface area contributed by atoms with Gasteiger partial charge in [0.1, 0.15) is 11.5 Å². The molecule has 0 aliphatic carbocycles. The van der Waals surface area contributed by atoms with Crippen LogP contribution in [0, 0.1) is 0 Å². The highest BCUT2D eigenvalue weighted by Crippen LogP contribution is 2.28. The molecule has 0 bridgehead atoms. The lowest BCUT2D eigenvalue weighted by atomic mass is 10.1. The fraction of sp³-hybridized carbons (Fsp3) is 0.462. The third-order valence-corrected chi connectivity index (χ3v) is 2.68. The number of ether oxygens (including phenoxy) is 2. The molecule has 19 heavy (non-hydrogen) atoms. The second-order valence-electron chi connectivity index (χ2n) is 4.16. The van der Waals surface area contributed by atoms with Gasteiger partial charge in [0.15, 0.2) is 0 Å². The van der Waals surface area contributed by atoms with Crippen LogP contribution in [0.5, 0.6) is 11.5 Å². The molecule has 0 radical (unpaired) electrons. The van der Waals surface area contributed by atoms with E-state index in [-0.39, 0.29) is 12.5 Å². The zero-order valence-electron chi connectivity index (χ0n) is 11.3. The summed E-state index contributed by atoms with van der Waals surface area (Å²) in [6, 6.07) is 4.49. The van der Waals surface area contributed by atoms with E-state index >= 15 is 0 Å². The molecule has 106 valence electrons. The average Bonchev–Trinajstić information content (AvgIpc) is 2.43. The van der Waals surface area contributed by atoms with Crippen molar-refractivity contribution in [1.29, 1.82) is 0 Å². The Morgan fingerprint density at radius 1 is 1.42 bits per heavy atom. The van der Waals surface area contributed by atoms with Gasteiger partial charge in [-0.05, 0) is 25.1 Å². The first kappa shape index (κ1) is 15.3. The summed E-state index contributed by atoms with van der Waals surface area (Å²) in [7, 11) is 3.05. The molecule has 0 fully saturated rings. The van der Waals surface area contributed by atoms with E-state index in [0.29, 0.717) is 17.1 Å². The van der Waals surface area contributed by atoms with Gasteiger partial charge in [0.2, 0.25) is 5.91 Å². The van der Waals surface area contributed by atoms with E-state index < -0.39 is 12.1 Å². The molecule has 0 aliphatic rings. The van der Waals surface area contributed by atoms with Gasteiger partial charge < -0.3 is 25.6 Å². The lowest BCUT2D eigenvalue weighted by molar-refractivity contribution is -0.122. The molecule has 2 unspecified atom stereocenters. The molecule has 0 spiro atoms. The number of carbonyl (C=O) groups is 1. The predicted octanol–water partition coefficient (Wildman–Crippen LogP) is 0.201. The van der Waals surface area contributed by atoms with Crippen LogP contribution in [0.15, 0.2) is 18.2 Å². The highest BCUT2D eigenvalue weighted by Gasteiger charge is 2.16. The number of aliphatic hydroxyl groups excluding tert-OH is 1. The van der Waals surface area contributed by atoms with Gasteiger partial charge in [-0.15, -0.1) is 0 Å². The van der Waals surface area contributed by atoms with Crippen molar-refractivity contribution in [3.63, 3.8) is 0 Å². The number of amides is 1. The topological polar surface area (TPSA) is 93.8 Å². The van der Waals surface area contributed by atoms with Crippen LogP contribution in [-0.2, 0) is 4.79 Å². The van der Waals surface area contributed by atoms with Crippen LogP contribution in [0.4, 0.5) is 0 Å². The molecule has 1 aromatic carbocycles. The Bertz CT molecular complexity index is 435. The molecule has 0 saturated heterocycles. The fourth-order valence-electron chi connectivity index (χ4n) is 1.57. The smallest absolute Gasteiger partial charge is 0.236 e. The van der Waals surface area contributed by atoms with Crippen molar-refractivity contribution in [2.24, 2.45) is 5.73 Å². The minimum Gasteiger partial charge on any atom is -0.497 e. The summed E-state index contributed by atoms with van der Waals surface area (Å²) >= 11 is 0. The quantitative estimate of drug-likeness (QED) is 0.685. The first-order valence-electron chi connectivity index (χ1n) is 5.92. The lowest BCUT2D eigenvalue weighted by Crippen LogP contribution is -2.40. The number of hydrogen-bond acceptors (Lipinski definition) is 5. The van der Waals surface area contributed by atoms with E-state index in [1.807, 2.05) is 0 Å². The Hall–Kier alpha value is -1.79. The zero-order valence-corrected chi connectivity index (χ0v) is 11.3. The first-order valence-corrected chi connectivity index (χ1v) is 5.92. The van der Waals surface area contributed by atoms with Crippen molar-refractivity contribution in [3.05, 3.63) is 23.8 Å².